The van der Waals surface area contributed by atoms with Gasteiger partial charge in [0.2, 0.25) is 0 Å². The molecule has 0 heterocycles. The molecule has 1 aliphatic rings. The van der Waals surface area contributed by atoms with Crippen molar-refractivity contribution >= 4 is 6.09 Å². The third-order valence-corrected chi connectivity index (χ3v) is 2.89. The molecule has 0 saturated heterocycles. The summed E-state index contributed by atoms with van der Waals surface area (Å²) in [5.41, 5.74) is -0.521. The maximum atomic E-state index is 11.6. The number of amides is 1. The summed E-state index contributed by atoms with van der Waals surface area (Å²) in [6.07, 6.45) is 1.01. The lowest BCUT2D eigenvalue weighted by molar-refractivity contribution is 0.0301. The van der Waals surface area contributed by atoms with Crippen LogP contribution in [0.4, 0.5) is 4.79 Å². The summed E-state index contributed by atoms with van der Waals surface area (Å²) in [7, 11) is 0. The molecule has 1 saturated carbocycles. The summed E-state index contributed by atoms with van der Waals surface area (Å²) in [6, 6.07) is -0.113. The van der Waals surface area contributed by atoms with E-state index in [-0.39, 0.29) is 24.7 Å². The van der Waals surface area contributed by atoms with Crippen molar-refractivity contribution in [1.82, 2.24) is 5.32 Å². The molecule has 0 aromatic heterocycles. The second-order valence-electron chi connectivity index (χ2n) is 5.66. The summed E-state index contributed by atoms with van der Waals surface area (Å²) in [5, 5.41) is 21.5. The Morgan fingerprint density at radius 3 is 2.59 bits per heavy atom. The molecule has 3 atom stereocenters. The standard InChI is InChI=1S/C12H23NO4/c1-12(2,3)17-11(16)13-10-5-4-9(15)6-8(10)7-14/h8-10,14-15H,4-7H2,1-3H3,(H,13,16)/t8-,9+,10+/m1/s1. The highest BCUT2D eigenvalue weighted by atomic mass is 16.6. The molecule has 0 bridgehead atoms. The number of nitrogens with one attached hydrogen (secondary N) is 1. The van der Waals surface area contributed by atoms with Gasteiger partial charge in [0.15, 0.2) is 0 Å². The van der Waals surface area contributed by atoms with Crippen LogP contribution in [0.3, 0.4) is 0 Å². The van der Waals surface area contributed by atoms with E-state index in [0.29, 0.717) is 19.3 Å². The van der Waals surface area contributed by atoms with Crippen molar-refractivity contribution in [2.75, 3.05) is 6.61 Å². The van der Waals surface area contributed by atoms with E-state index in [1.807, 2.05) is 0 Å². The van der Waals surface area contributed by atoms with Crippen molar-refractivity contribution in [3.63, 3.8) is 0 Å². The molecule has 0 aromatic rings. The minimum absolute atomic E-state index is 0.0302. The fourth-order valence-electron chi connectivity index (χ4n) is 2.09. The van der Waals surface area contributed by atoms with E-state index in [4.69, 9.17) is 4.74 Å². The summed E-state index contributed by atoms with van der Waals surface area (Å²) in [4.78, 5) is 11.6. The van der Waals surface area contributed by atoms with Gasteiger partial charge in [0.05, 0.1) is 6.10 Å². The molecule has 100 valence electrons. The Hall–Kier alpha value is -0.810. The van der Waals surface area contributed by atoms with Crippen molar-refractivity contribution in [2.24, 2.45) is 5.92 Å². The van der Waals surface area contributed by atoms with Crippen molar-refractivity contribution in [3.8, 4) is 0 Å². The number of aliphatic hydroxyl groups excluding tert-OH is 2. The van der Waals surface area contributed by atoms with E-state index < -0.39 is 11.7 Å². The van der Waals surface area contributed by atoms with Gasteiger partial charge in [0.1, 0.15) is 5.60 Å². The molecular weight excluding hydrogens is 222 g/mol. The molecule has 5 heteroatoms. The zero-order chi connectivity index (χ0) is 13.1. The third-order valence-electron chi connectivity index (χ3n) is 2.89. The lowest BCUT2D eigenvalue weighted by Gasteiger charge is -2.34. The highest BCUT2D eigenvalue weighted by molar-refractivity contribution is 5.68. The number of hydrogen-bond acceptors (Lipinski definition) is 4. The van der Waals surface area contributed by atoms with Crippen LogP contribution >= 0.6 is 0 Å². The van der Waals surface area contributed by atoms with E-state index in [2.05, 4.69) is 5.32 Å². The number of rotatable bonds is 2. The van der Waals surface area contributed by atoms with Gasteiger partial charge in [-0.1, -0.05) is 0 Å². The van der Waals surface area contributed by atoms with Crippen LogP contribution in [-0.4, -0.2) is 40.7 Å². The minimum Gasteiger partial charge on any atom is -0.444 e. The van der Waals surface area contributed by atoms with E-state index in [1.54, 1.807) is 20.8 Å². The molecule has 1 fully saturated rings. The number of alkyl carbamates (subject to hydrolysis) is 1. The molecular formula is C12H23NO4. The highest BCUT2D eigenvalue weighted by Crippen LogP contribution is 2.24. The van der Waals surface area contributed by atoms with Crippen molar-refractivity contribution in [3.05, 3.63) is 0 Å². The highest BCUT2D eigenvalue weighted by Gasteiger charge is 2.31. The Balaban J connectivity index is 2.47. The Labute approximate surface area is 102 Å². The minimum atomic E-state index is -0.521. The topological polar surface area (TPSA) is 78.8 Å². The zero-order valence-electron chi connectivity index (χ0n) is 10.8. The van der Waals surface area contributed by atoms with Gasteiger partial charge in [-0.2, -0.15) is 0 Å². The quantitative estimate of drug-likeness (QED) is 0.679. The van der Waals surface area contributed by atoms with Crippen LogP contribution in [0, 0.1) is 5.92 Å². The molecule has 5 nitrogen and oxygen atoms in total. The molecule has 1 amide bonds. The Kier molecular flexibility index (Phi) is 4.77. The lowest BCUT2D eigenvalue weighted by Crippen LogP contribution is -2.47. The predicted molar refractivity (Wildman–Crippen MR) is 63.6 cm³/mol. The maximum Gasteiger partial charge on any atom is 0.407 e. The molecule has 0 aliphatic heterocycles. The molecule has 0 unspecified atom stereocenters. The zero-order valence-corrected chi connectivity index (χ0v) is 10.8. The Bertz CT molecular complexity index is 262. The number of aliphatic hydroxyl groups is 2. The molecule has 17 heavy (non-hydrogen) atoms. The van der Waals surface area contributed by atoms with Gasteiger partial charge in [0, 0.05) is 18.6 Å². The maximum absolute atomic E-state index is 11.6. The Morgan fingerprint density at radius 2 is 2.06 bits per heavy atom. The number of carbonyl (C=O) groups is 1. The van der Waals surface area contributed by atoms with Gasteiger partial charge in [-0.05, 0) is 40.0 Å². The summed E-state index contributed by atoms with van der Waals surface area (Å²) in [6.45, 7) is 5.39. The predicted octanol–water partition coefficient (Wildman–Crippen LogP) is 1.03. The second kappa shape index (κ2) is 5.69. The first-order valence-corrected chi connectivity index (χ1v) is 6.10. The summed E-state index contributed by atoms with van der Waals surface area (Å²) >= 11 is 0. The first-order chi connectivity index (χ1) is 7.81. The van der Waals surface area contributed by atoms with Crippen molar-refractivity contribution in [1.29, 1.82) is 0 Å². The van der Waals surface area contributed by atoms with Crippen LogP contribution in [0.5, 0.6) is 0 Å². The lowest BCUT2D eigenvalue weighted by atomic mass is 9.83. The third kappa shape index (κ3) is 4.91. The molecule has 0 aromatic carbocycles. The number of carbonyl (C=O) groups excluding carboxylic acids is 1. The number of hydrogen-bond donors (Lipinski definition) is 3. The van der Waals surface area contributed by atoms with E-state index in [0.717, 1.165) is 0 Å². The van der Waals surface area contributed by atoms with Crippen LogP contribution in [0.25, 0.3) is 0 Å². The largest absolute Gasteiger partial charge is 0.444 e. The molecule has 3 N–H and O–H groups in total. The van der Waals surface area contributed by atoms with E-state index in [1.165, 1.54) is 0 Å². The molecule has 1 rings (SSSR count). The monoisotopic (exact) mass is 245 g/mol. The van der Waals surface area contributed by atoms with Crippen molar-refractivity contribution in [2.45, 2.75) is 57.8 Å². The fourth-order valence-corrected chi connectivity index (χ4v) is 2.09. The van der Waals surface area contributed by atoms with Crippen LogP contribution in [0.2, 0.25) is 0 Å². The normalized spacial score (nSPS) is 29.8. The van der Waals surface area contributed by atoms with Gasteiger partial charge in [-0.3, -0.25) is 0 Å². The van der Waals surface area contributed by atoms with Crippen LogP contribution in [0.1, 0.15) is 40.0 Å². The van der Waals surface area contributed by atoms with Gasteiger partial charge in [-0.25, -0.2) is 4.79 Å². The molecule has 1 aliphatic carbocycles. The summed E-state index contributed by atoms with van der Waals surface area (Å²) < 4.78 is 5.17. The van der Waals surface area contributed by atoms with Gasteiger partial charge < -0.3 is 20.3 Å². The second-order valence-corrected chi connectivity index (χ2v) is 5.66. The first-order valence-electron chi connectivity index (χ1n) is 6.10. The average molecular weight is 245 g/mol. The van der Waals surface area contributed by atoms with E-state index in [9.17, 15) is 15.0 Å². The van der Waals surface area contributed by atoms with Gasteiger partial charge >= 0.3 is 6.09 Å². The van der Waals surface area contributed by atoms with Crippen LogP contribution in [-0.2, 0) is 4.74 Å². The first kappa shape index (κ1) is 14.3. The average Bonchev–Trinajstić information content (AvgIpc) is 2.17. The van der Waals surface area contributed by atoms with Crippen molar-refractivity contribution < 1.29 is 19.7 Å². The van der Waals surface area contributed by atoms with Crippen LogP contribution in [0.15, 0.2) is 0 Å². The fraction of sp³-hybridized carbons (Fsp3) is 0.917. The SMILES string of the molecule is CC(C)(C)OC(=O)N[C@H]1CC[C@H](O)C[C@@H]1CO. The smallest absolute Gasteiger partial charge is 0.407 e. The Morgan fingerprint density at radius 1 is 1.41 bits per heavy atom. The summed E-state index contributed by atoms with van der Waals surface area (Å²) in [5.74, 6) is -0.0914. The van der Waals surface area contributed by atoms with Crippen LogP contribution < -0.4 is 5.32 Å². The van der Waals surface area contributed by atoms with Gasteiger partial charge in [-0.15, -0.1) is 0 Å². The molecule has 0 spiro atoms. The number of ether oxygens (including phenoxy) is 1. The van der Waals surface area contributed by atoms with E-state index >= 15 is 0 Å². The molecule has 0 radical (unpaired) electrons. The van der Waals surface area contributed by atoms with Gasteiger partial charge in [0.25, 0.3) is 0 Å².